The second kappa shape index (κ2) is 9.39. The molecule has 2 unspecified atom stereocenters. The molecule has 0 rings (SSSR count). The lowest BCUT2D eigenvalue weighted by molar-refractivity contribution is 0.470. The molecule has 0 saturated carbocycles. The molecule has 0 aliphatic rings. The molecule has 0 fully saturated rings. The molecular weight excluding hydrogens is 297 g/mol. The van der Waals surface area contributed by atoms with Crippen LogP contribution in [0.25, 0.3) is 0 Å². The van der Waals surface area contributed by atoms with Crippen molar-refractivity contribution in [1.29, 1.82) is 0 Å². The van der Waals surface area contributed by atoms with Crippen molar-refractivity contribution < 1.29 is 13.2 Å². The molecule has 0 amide bonds. The van der Waals surface area contributed by atoms with Crippen LogP contribution in [-0.4, -0.2) is 0 Å². The van der Waals surface area contributed by atoms with Gasteiger partial charge >= 0.3 is 0 Å². The summed E-state index contributed by atoms with van der Waals surface area (Å²) in [6.07, 6.45) is 2.49. The molecule has 0 aromatic heterocycles. The maximum atomic E-state index is 13.9. The first-order chi connectivity index (χ1) is 10.5. The minimum absolute atomic E-state index is 0.0320. The van der Waals surface area contributed by atoms with Crippen LogP contribution in [0, 0.1) is 11.8 Å². The molecule has 128 valence electrons. The Kier molecular flexibility index (Phi) is 8.66. The van der Waals surface area contributed by atoms with E-state index >= 15 is 0 Å². The number of rotatable bonds is 9. The van der Waals surface area contributed by atoms with Gasteiger partial charge in [-0.1, -0.05) is 45.7 Å². The van der Waals surface area contributed by atoms with Crippen LogP contribution in [0.3, 0.4) is 0 Å². The molecule has 0 aliphatic carbocycles. The molecule has 0 aromatic rings. The van der Waals surface area contributed by atoms with E-state index < -0.39 is 17.5 Å². The first kappa shape index (κ1) is 21.2. The smallest absolute Gasteiger partial charge is 0.161 e. The van der Waals surface area contributed by atoms with E-state index in [9.17, 15) is 13.2 Å². The first-order valence-electron chi connectivity index (χ1n) is 7.61. The zero-order valence-corrected chi connectivity index (χ0v) is 14.6. The van der Waals surface area contributed by atoms with Gasteiger partial charge in [0.1, 0.15) is 5.83 Å². The van der Waals surface area contributed by atoms with E-state index in [1.807, 2.05) is 6.92 Å². The molecule has 0 radical (unpaired) electrons. The van der Waals surface area contributed by atoms with Gasteiger partial charge in [-0.15, -0.1) is 0 Å². The maximum Gasteiger partial charge on any atom is 0.161 e. The summed E-state index contributed by atoms with van der Waals surface area (Å²) in [7, 11) is 0. The normalized spacial score (nSPS) is 15.5. The Hall–Kier alpha value is -1.77. The van der Waals surface area contributed by atoms with Crippen LogP contribution in [0.2, 0.25) is 0 Å². The number of hydrogen-bond donors (Lipinski definition) is 0. The lowest BCUT2D eigenvalue weighted by Crippen LogP contribution is -2.06. The molecule has 0 saturated heterocycles. The van der Waals surface area contributed by atoms with Crippen molar-refractivity contribution in [2.45, 2.75) is 40.5 Å². The number of allylic oxidation sites excluding steroid dienone is 8. The molecule has 0 spiro atoms. The molecule has 0 nitrogen and oxygen atoms in total. The molecule has 0 N–H and O–H groups in total. The average molecular weight is 324 g/mol. The van der Waals surface area contributed by atoms with Gasteiger partial charge in [0.2, 0.25) is 0 Å². The zero-order chi connectivity index (χ0) is 18.3. The Morgan fingerprint density at radius 1 is 0.826 bits per heavy atom. The van der Waals surface area contributed by atoms with Gasteiger partial charge in [0, 0.05) is 0 Å². The van der Waals surface area contributed by atoms with E-state index in [1.165, 1.54) is 13.0 Å². The highest BCUT2D eigenvalue weighted by Gasteiger charge is 2.19. The quantitative estimate of drug-likeness (QED) is 0.390. The monoisotopic (exact) mass is 324 g/mol. The fourth-order valence-electron chi connectivity index (χ4n) is 1.94. The highest BCUT2D eigenvalue weighted by atomic mass is 19.2. The largest absolute Gasteiger partial charge is 0.207 e. The van der Waals surface area contributed by atoms with Crippen molar-refractivity contribution in [2.24, 2.45) is 11.8 Å². The average Bonchev–Trinajstić information content (AvgIpc) is 2.48. The molecule has 0 aromatic carbocycles. The molecule has 23 heavy (non-hydrogen) atoms. The van der Waals surface area contributed by atoms with E-state index in [1.54, 1.807) is 13.8 Å². The van der Waals surface area contributed by atoms with Gasteiger partial charge in [-0.25, -0.2) is 13.2 Å². The highest BCUT2D eigenvalue weighted by Crippen LogP contribution is 2.31. The van der Waals surface area contributed by atoms with Crippen molar-refractivity contribution in [3.63, 3.8) is 0 Å². The fraction of sp³-hybridized carbons (Fsp3) is 0.400. The Morgan fingerprint density at radius 2 is 1.26 bits per heavy atom. The second-order valence-corrected chi connectivity index (χ2v) is 6.18. The van der Waals surface area contributed by atoms with Gasteiger partial charge in [-0.05, 0) is 61.3 Å². The van der Waals surface area contributed by atoms with Crippen LogP contribution in [-0.2, 0) is 0 Å². The summed E-state index contributed by atoms with van der Waals surface area (Å²) in [6, 6.07) is 0. The van der Waals surface area contributed by atoms with E-state index in [-0.39, 0.29) is 23.0 Å². The molecule has 0 aliphatic heterocycles. The van der Waals surface area contributed by atoms with E-state index in [0.29, 0.717) is 24.0 Å². The van der Waals surface area contributed by atoms with Crippen LogP contribution >= 0.6 is 0 Å². The predicted octanol–water partition coefficient (Wildman–Crippen LogP) is 7.31. The van der Waals surface area contributed by atoms with E-state index in [0.717, 1.165) is 0 Å². The molecule has 0 bridgehead atoms. The second-order valence-electron chi connectivity index (χ2n) is 6.18. The third-order valence-corrected chi connectivity index (χ3v) is 3.75. The van der Waals surface area contributed by atoms with Crippen molar-refractivity contribution >= 4 is 0 Å². The Bertz CT molecular complexity index is 561. The van der Waals surface area contributed by atoms with E-state index in [4.69, 9.17) is 0 Å². The Morgan fingerprint density at radius 3 is 1.65 bits per heavy atom. The topological polar surface area (TPSA) is 0 Å². The Balaban J connectivity index is 4.77. The summed E-state index contributed by atoms with van der Waals surface area (Å²) in [5, 5.41) is 0. The fourth-order valence-corrected chi connectivity index (χ4v) is 1.94. The summed E-state index contributed by atoms with van der Waals surface area (Å²) < 4.78 is 41.3. The molecular formula is C20H27F3. The lowest BCUT2D eigenvalue weighted by Gasteiger charge is -2.18. The van der Waals surface area contributed by atoms with Crippen molar-refractivity contribution in [2.75, 3.05) is 0 Å². The van der Waals surface area contributed by atoms with Crippen LogP contribution in [0.15, 0.2) is 72.2 Å². The SMILES string of the molecule is C=C(C)/C=C(/F)C(=C)C(C)CCC(C)C(=C)/C(F)=C(/F)C(=C)C. The van der Waals surface area contributed by atoms with E-state index in [2.05, 4.69) is 26.3 Å². The first-order valence-corrected chi connectivity index (χ1v) is 7.61. The zero-order valence-electron chi connectivity index (χ0n) is 14.6. The lowest BCUT2D eigenvalue weighted by atomic mass is 9.88. The number of hydrogen-bond acceptors (Lipinski definition) is 0. The minimum Gasteiger partial charge on any atom is -0.207 e. The third-order valence-electron chi connectivity index (χ3n) is 3.75. The third kappa shape index (κ3) is 6.89. The van der Waals surface area contributed by atoms with Crippen molar-refractivity contribution in [3.05, 3.63) is 72.2 Å². The van der Waals surface area contributed by atoms with Crippen LogP contribution < -0.4 is 0 Å². The molecule has 0 heterocycles. The van der Waals surface area contributed by atoms with Gasteiger partial charge in [0.15, 0.2) is 11.7 Å². The summed E-state index contributed by atoms with van der Waals surface area (Å²) >= 11 is 0. The Labute approximate surface area is 138 Å². The van der Waals surface area contributed by atoms with Gasteiger partial charge in [0.25, 0.3) is 0 Å². The van der Waals surface area contributed by atoms with Gasteiger partial charge in [0.05, 0.1) is 0 Å². The van der Waals surface area contributed by atoms with Gasteiger partial charge in [-0.2, -0.15) is 0 Å². The summed E-state index contributed by atoms with van der Waals surface area (Å²) in [5.41, 5.74) is 1.13. The maximum absolute atomic E-state index is 13.9. The number of halogens is 3. The summed E-state index contributed by atoms with van der Waals surface area (Å²) in [6.45, 7) is 21.1. The predicted molar refractivity (Wildman–Crippen MR) is 93.9 cm³/mol. The summed E-state index contributed by atoms with van der Waals surface area (Å²) in [4.78, 5) is 0. The summed E-state index contributed by atoms with van der Waals surface area (Å²) in [5.74, 6) is -2.68. The standard InChI is InChI=1S/C20H27F3/c1-12(2)11-18(21)16(7)14(5)9-10-15(6)17(8)20(23)19(22)13(3)4/h11,14-15H,1,3,7-10H2,2,4-6H3/b18-11+,20-19-. The van der Waals surface area contributed by atoms with Gasteiger partial charge in [-0.3, -0.25) is 0 Å². The van der Waals surface area contributed by atoms with Crippen LogP contribution in [0.1, 0.15) is 40.5 Å². The van der Waals surface area contributed by atoms with Crippen molar-refractivity contribution in [3.8, 4) is 0 Å². The van der Waals surface area contributed by atoms with Crippen LogP contribution in [0.5, 0.6) is 0 Å². The molecule has 2 atom stereocenters. The van der Waals surface area contributed by atoms with Crippen molar-refractivity contribution in [1.82, 2.24) is 0 Å². The minimum atomic E-state index is -0.963. The van der Waals surface area contributed by atoms with Gasteiger partial charge < -0.3 is 0 Å². The van der Waals surface area contributed by atoms with Crippen LogP contribution in [0.4, 0.5) is 13.2 Å². The molecule has 3 heteroatoms. The highest BCUT2D eigenvalue weighted by molar-refractivity contribution is 5.35.